The van der Waals surface area contributed by atoms with Gasteiger partial charge in [0.2, 0.25) is 5.78 Å². The number of aromatic amines is 1. The number of nitrogens with one attached hydrogen (secondary N) is 1. The van der Waals surface area contributed by atoms with Crippen molar-refractivity contribution in [2.75, 3.05) is 13.2 Å². The third-order valence-electron chi connectivity index (χ3n) is 4.23. The number of H-pyrrole nitrogens is 1. The summed E-state index contributed by atoms with van der Waals surface area (Å²) in [7, 11) is 0. The molecule has 0 unspecified atom stereocenters. The predicted molar refractivity (Wildman–Crippen MR) is 103 cm³/mol. The highest BCUT2D eigenvalue weighted by Crippen LogP contribution is 2.29. The van der Waals surface area contributed by atoms with Crippen molar-refractivity contribution in [2.45, 2.75) is 20.8 Å². The van der Waals surface area contributed by atoms with E-state index >= 15 is 0 Å². The second-order valence-corrected chi connectivity index (χ2v) is 6.41. The molecular formula is C20H19ClN2O4. The van der Waals surface area contributed by atoms with E-state index in [1.165, 1.54) is 0 Å². The fourth-order valence-corrected chi connectivity index (χ4v) is 3.20. The zero-order valence-corrected chi connectivity index (χ0v) is 16.0. The lowest BCUT2D eigenvalue weighted by atomic mass is 10.1. The van der Waals surface area contributed by atoms with E-state index in [1.54, 1.807) is 45.2 Å². The smallest absolute Gasteiger partial charge is 0.340 e. The number of hydrogen-bond donors (Lipinski definition) is 1. The number of ether oxygens (including phenoxy) is 2. The molecule has 3 aromatic rings. The molecule has 2 aromatic heterocycles. The maximum absolute atomic E-state index is 12.6. The molecule has 27 heavy (non-hydrogen) atoms. The molecule has 0 aliphatic heterocycles. The Morgan fingerprint density at radius 2 is 2.00 bits per heavy atom. The molecule has 140 valence electrons. The van der Waals surface area contributed by atoms with Crippen LogP contribution in [0.25, 0.3) is 10.9 Å². The van der Waals surface area contributed by atoms with Gasteiger partial charge in [-0.3, -0.25) is 9.78 Å². The van der Waals surface area contributed by atoms with Crippen LogP contribution in [0.5, 0.6) is 5.75 Å². The first kappa shape index (κ1) is 18.9. The molecule has 0 amide bonds. The highest BCUT2D eigenvalue weighted by Gasteiger charge is 2.23. The fraction of sp³-hybridized carbons (Fsp3) is 0.250. The molecule has 1 aromatic carbocycles. The molecule has 0 spiro atoms. The Labute approximate surface area is 161 Å². The van der Waals surface area contributed by atoms with E-state index in [9.17, 15) is 9.59 Å². The Bertz CT molecular complexity index is 1030. The number of carbonyl (C=O) groups excluding carboxylic acids is 2. The quantitative estimate of drug-likeness (QED) is 0.505. The summed E-state index contributed by atoms with van der Waals surface area (Å²) in [6, 6.07) is 7.00. The zero-order valence-electron chi connectivity index (χ0n) is 15.3. The van der Waals surface area contributed by atoms with Gasteiger partial charge >= 0.3 is 5.97 Å². The molecule has 0 aliphatic rings. The van der Waals surface area contributed by atoms with E-state index in [1.807, 2.05) is 6.07 Å². The van der Waals surface area contributed by atoms with Gasteiger partial charge in [0.1, 0.15) is 11.3 Å². The summed E-state index contributed by atoms with van der Waals surface area (Å²) in [6.45, 7) is 5.25. The van der Waals surface area contributed by atoms with Crippen LogP contribution in [0.1, 0.15) is 39.0 Å². The van der Waals surface area contributed by atoms with Crippen molar-refractivity contribution < 1.29 is 19.1 Å². The highest BCUT2D eigenvalue weighted by molar-refractivity contribution is 6.35. The fourth-order valence-electron chi connectivity index (χ4n) is 2.98. The molecule has 0 bridgehead atoms. The van der Waals surface area contributed by atoms with Crippen molar-refractivity contribution in [1.29, 1.82) is 0 Å². The number of rotatable bonds is 6. The van der Waals surface area contributed by atoms with Gasteiger partial charge in [0, 0.05) is 17.3 Å². The molecule has 1 N–H and O–H groups in total. The van der Waals surface area contributed by atoms with E-state index in [0.29, 0.717) is 38.8 Å². The van der Waals surface area contributed by atoms with Gasteiger partial charge in [-0.15, -0.1) is 0 Å². The SMILES string of the molecule is CCOC(=O)c1c(C)[nH]c(C(=O)COc2ccc(Cl)c3cccnc23)c1C. The van der Waals surface area contributed by atoms with Gasteiger partial charge in [-0.1, -0.05) is 11.6 Å². The van der Waals surface area contributed by atoms with E-state index in [-0.39, 0.29) is 19.0 Å². The molecule has 7 heteroatoms. The van der Waals surface area contributed by atoms with Crippen LogP contribution in [-0.2, 0) is 4.74 Å². The van der Waals surface area contributed by atoms with Crippen molar-refractivity contribution >= 4 is 34.3 Å². The van der Waals surface area contributed by atoms with E-state index < -0.39 is 5.97 Å². The topological polar surface area (TPSA) is 81.3 Å². The average Bonchev–Trinajstić information content (AvgIpc) is 2.96. The number of nitrogens with zero attached hydrogens (tertiary/aromatic N) is 1. The van der Waals surface area contributed by atoms with Gasteiger partial charge in [0.25, 0.3) is 0 Å². The molecule has 0 saturated carbocycles. The third kappa shape index (κ3) is 3.66. The van der Waals surface area contributed by atoms with Crippen LogP contribution >= 0.6 is 11.6 Å². The molecule has 0 radical (unpaired) electrons. The lowest BCUT2D eigenvalue weighted by Gasteiger charge is -2.09. The number of Topliss-reactive ketones (excluding diaryl/α,β-unsaturated/α-hetero) is 1. The second kappa shape index (κ2) is 7.80. The molecule has 6 nitrogen and oxygen atoms in total. The van der Waals surface area contributed by atoms with Gasteiger partial charge in [0.15, 0.2) is 6.61 Å². The van der Waals surface area contributed by atoms with Crippen LogP contribution in [0, 0.1) is 13.8 Å². The van der Waals surface area contributed by atoms with Gasteiger partial charge in [0.05, 0.1) is 22.9 Å². The van der Waals surface area contributed by atoms with Gasteiger partial charge in [-0.25, -0.2) is 4.79 Å². The molecular weight excluding hydrogens is 368 g/mol. The summed E-state index contributed by atoms with van der Waals surface area (Å²) >= 11 is 6.17. The first-order valence-electron chi connectivity index (χ1n) is 8.49. The number of aromatic nitrogens is 2. The number of fused-ring (bicyclic) bond motifs is 1. The van der Waals surface area contributed by atoms with Gasteiger partial charge in [-0.2, -0.15) is 0 Å². The van der Waals surface area contributed by atoms with Crippen molar-refractivity contribution in [2.24, 2.45) is 0 Å². The van der Waals surface area contributed by atoms with E-state index in [4.69, 9.17) is 21.1 Å². The normalized spacial score (nSPS) is 10.8. The van der Waals surface area contributed by atoms with Crippen molar-refractivity contribution in [3.63, 3.8) is 0 Å². The first-order chi connectivity index (χ1) is 12.9. The minimum atomic E-state index is -0.448. The van der Waals surface area contributed by atoms with Crippen LogP contribution < -0.4 is 4.74 Å². The summed E-state index contributed by atoms with van der Waals surface area (Å²) < 4.78 is 10.7. The molecule has 0 saturated heterocycles. The van der Waals surface area contributed by atoms with Crippen molar-refractivity contribution in [3.05, 3.63) is 58.0 Å². The molecule has 3 rings (SSSR count). The minimum Gasteiger partial charge on any atom is -0.483 e. The first-order valence-corrected chi connectivity index (χ1v) is 8.87. The lowest BCUT2D eigenvalue weighted by molar-refractivity contribution is 0.0525. The molecule has 2 heterocycles. The lowest BCUT2D eigenvalue weighted by Crippen LogP contribution is -2.14. The summed E-state index contributed by atoms with van der Waals surface area (Å²) in [5.41, 5.74) is 2.46. The summed E-state index contributed by atoms with van der Waals surface area (Å²) in [6.07, 6.45) is 1.64. The predicted octanol–water partition coefficient (Wildman–Crippen LogP) is 4.27. The standard InChI is InChI=1S/C20H19ClN2O4/c1-4-26-20(25)17-11(2)18(23-12(17)3)15(24)10-27-16-8-7-14(21)13-6-5-9-22-19(13)16/h5-9,23H,4,10H2,1-3H3. The largest absolute Gasteiger partial charge is 0.483 e. The number of aryl methyl sites for hydroxylation is 1. The van der Waals surface area contributed by atoms with Gasteiger partial charge in [-0.05, 0) is 50.6 Å². The summed E-state index contributed by atoms with van der Waals surface area (Å²) in [5, 5.41) is 1.31. The molecule has 0 atom stereocenters. The average molecular weight is 387 g/mol. The van der Waals surface area contributed by atoms with Crippen molar-refractivity contribution in [3.8, 4) is 5.75 Å². The maximum Gasteiger partial charge on any atom is 0.340 e. The summed E-state index contributed by atoms with van der Waals surface area (Å²) in [4.78, 5) is 32.0. The monoisotopic (exact) mass is 386 g/mol. The third-order valence-corrected chi connectivity index (χ3v) is 4.56. The number of pyridine rings is 1. The Hall–Kier alpha value is -2.86. The Morgan fingerprint density at radius 1 is 1.22 bits per heavy atom. The Balaban J connectivity index is 1.83. The van der Waals surface area contributed by atoms with E-state index in [2.05, 4.69) is 9.97 Å². The second-order valence-electron chi connectivity index (χ2n) is 6.00. The van der Waals surface area contributed by atoms with Crippen LogP contribution in [0.3, 0.4) is 0 Å². The Morgan fingerprint density at radius 3 is 2.74 bits per heavy atom. The maximum atomic E-state index is 12.6. The number of benzene rings is 1. The molecule has 0 aliphatic carbocycles. The number of carbonyl (C=O) groups is 2. The minimum absolute atomic E-state index is 0.198. The highest BCUT2D eigenvalue weighted by atomic mass is 35.5. The Kier molecular flexibility index (Phi) is 5.46. The number of esters is 1. The van der Waals surface area contributed by atoms with Crippen molar-refractivity contribution in [1.82, 2.24) is 9.97 Å². The zero-order chi connectivity index (χ0) is 19.6. The van der Waals surface area contributed by atoms with Gasteiger partial charge < -0.3 is 14.5 Å². The van der Waals surface area contributed by atoms with Crippen LogP contribution in [0.2, 0.25) is 5.02 Å². The van der Waals surface area contributed by atoms with Crippen LogP contribution in [0.4, 0.5) is 0 Å². The molecule has 0 fully saturated rings. The van der Waals surface area contributed by atoms with Crippen LogP contribution in [0.15, 0.2) is 30.5 Å². The van der Waals surface area contributed by atoms with Crippen LogP contribution in [-0.4, -0.2) is 34.9 Å². The summed E-state index contributed by atoms with van der Waals surface area (Å²) in [5.74, 6) is -0.253. The number of ketones is 1. The van der Waals surface area contributed by atoms with E-state index in [0.717, 1.165) is 5.39 Å². The number of halogens is 1. The number of hydrogen-bond acceptors (Lipinski definition) is 5.